The summed E-state index contributed by atoms with van der Waals surface area (Å²) in [4.78, 5) is 0. The summed E-state index contributed by atoms with van der Waals surface area (Å²) in [6.45, 7) is 0. The van der Waals surface area contributed by atoms with E-state index in [0.29, 0.717) is 11.2 Å². The second kappa shape index (κ2) is 4.39. The van der Waals surface area contributed by atoms with Gasteiger partial charge in [-0.05, 0) is 28.7 Å². The monoisotopic (exact) mass is 213 g/mol. The standard InChI is InChI=1S/C12H12BNO2/c14-10-6-7-11(12(8-10)13(15)16)9-4-2-1-3-5-9/h1-8,15-16H,14H2. The lowest BCUT2D eigenvalue weighted by molar-refractivity contribution is 0.426. The Morgan fingerprint density at radius 3 is 2.25 bits per heavy atom. The van der Waals surface area contributed by atoms with Crippen molar-refractivity contribution < 1.29 is 10.0 Å². The fraction of sp³-hybridized carbons (Fsp3) is 0. The van der Waals surface area contributed by atoms with Gasteiger partial charge in [-0.3, -0.25) is 0 Å². The Balaban J connectivity index is 2.57. The molecule has 0 saturated carbocycles. The fourth-order valence-electron chi connectivity index (χ4n) is 1.68. The molecule has 0 radical (unpaired) electrons. The Bertz CT molecular complexity index is 486. The van der Waals surface area contributed by atoms with Gasteiger partial charge in [-0.2, -0.15) is 0 Å². The number of nitrogens with two attached hydrogens (primary N) is 1. The van der Waals surface area contributed by atoms with Crippen LogP contribution in [0.1, 0.15) is 0 Å². The van der Waals surface area contributed by atoms with Gasteiger partial charge in [0, 0.05) is 5.69 Å². The highest BCUT2D eigenvalue weighted by Gasteiger charge is 2.16. The minimum atomic E-state index is -1.52. The number of rotatable bonds is 2. The van der Waals surface area contributed by atoms with Gasteiger partial charge in [0.2, 0.25) is 0 Å². The lowest BCUT2D eigenvalue weighted by Gasteiger charge is -2.09. The Labute approximate surface area is 94.3 Å². The first kappa shape index (κ1) is 10.7. The second-order valence-corrected chi connectivity index (χ2v) is 3.59. The van der Waals surface area contributed by atoms with Crippen molar-refractivity contribution in [2.24, 2.45) is 0 Å². The quantitative estimate of drug-likeness (QED) is 0.505. The van der Waals surface area contributed by atoms with Crippen LogP contribution in [0, 0.1) is 0 Å². The zero-order valence-electron chi connectivity index (χ0n) is 8.67. The first-order valence-electron chi connectivity index (χ1n) is 4.99. The van der Waals surface area contributed by atoms with Crippen LogP contribution in [0.2, 0.25) is 0 Å². The van der Waals surface area contributed by atoms with Crippen molar-refractivity contribution in [3.8, 4) is 11.1 Å². The van der Waals surface area contributed by atoms with E-state index in [-0.39, 0.29) is 0 Å². The van der Waals surface area contributed by atoms with Gasteiger partial charge in [-0.25, -0.2) is 0 Å². The molecule has 0 fully saturated rings. The summed E-state index contributed by atoms with van der Waals surface area (Å²) in [6.07, 6.45) is 0. The minimum Gasteiger partial charge on any atom is -0.423 e. The molecule has 0 aliphatic rings. The molecule has 0 heterocycles. The molecule has 0 unspecified atom stereocenters. The van der Waals surface area contributed by atoms with E-state index < -0.39 is 7.12 Å². The lowest BCUT2D eigenvalue weighted by Crippen LogP contribution is -2.31. The molecule has 2 rings (SSSR count). The molecular weight excluding hydrogens is 201 g/mol. The first-order chi connectivity index (χ1) is 7.68. The third-order valence-corrected chi connectivity index (χ3v) is 2.44. The highest BCUT2D eigenvalue weighted by Crippen LogP contribution is 2.18. The lowest BCUT2D eigenvalue weighted by atomic mass is 9.75. The average molecular weight is 213 g/mol. The van der Waals surface area contributed by atoms with E-state index in [1.54, 1.807) is 18.2 Å². The predicted octanol–water partition coefficient (Wildman–Crippen LogP) is 0.616. The summed E-state index contributed by atoms with van der Waals surface area (Å²) >= 11 is 0. The maximum Gasteiger partial charge on any atom is 0.489 e. The number of hydrogen-bond acceptors (Lipinski definition) is 3. The van der Waals surface area contributed by atoms with Gasteiger partial charge in [-0.1, -0.05) is 36.4 Å². The van der Waals surface area contributed by atoms with E-state index in [1.165, 1.54) is 0 Å². The van der Waals surface area contributed by atoms with E-state index in [4.69, 9.17) is 5.73 Å². The smallest absolute Gasteiger partial charge is 0.423 e. The molecule has 4 heteroatoms. The fourth-order valence-corrected chi connectivity index (χ4v) is 1.68. The Kier molecular flexibility index (Phi) is 2.94. The molecule has 4 N–H and O–H groups in total. The molecule has 3 nitrogen and oxygen atoms in total. The number of nitrogen functional groups attached to an aromatic ring is 1. The highest BCUT2D eigenvalue weighted by molar-refractivity contribution is 6.60. The normalized spacial score (nSPS) is 10.1. The zero-order valence-corrected chi connectivity index (χ0v) is 8.67. The van der Waals surface area contributed by atoms with Crippen molar-refractivity contribution >= 4 is 18.3 Å². The van der Waals surface area contributed by atoms with Crippen LogP contribution in [0.15, 0.2) is 48.5 Å². The van der Waals surface area contributed by atoms with Crippen LogP contribution in [0.4, 0.5) is 5.69 Å². The van der Waals surface area contributed by atoms with Crippen molar-refractivity contribution in [2.45, 2.75) is 0 Å². The first-order valence-corrected chi connectivity index (χ1v) is 4.99. The third kappa shape index (κ3) is 2.08. The van der Waals surface area contributed by atoms with Crippen LogP contribution >= 0.6 is 0 Å². The minimum absolute atomic E-state index is 0.422. The molecule has 0 bridgehead atoms. The molecule has 2 aromatic rings. The Hall–Kier alpha value is -1.78. The molecule has 0 aromatic heterocycles. The van der Waals surface area contributed by atoms with Crippen LogP contribution in [0.3, 0.4) is 0 Å². The van der Waals surface area contributed by atoms with Crippen molar-refractivity contribution in [1.29, 1.82) is 0 Å². The van der Waals surface area contributed by atoms with Gasteiger partial charge < -0.3 is 15.8 Å². The topological polar surface area (TPSA) is 66.5 Å². The molecular formula is C12H12BNO2. The molecule has 80 valence electrons. The average Bonchev–Trinajstić information content (AvgIpc) is 2.30. The number of hydrogen-bond donors (Lipinski definition) is 3. The van der Waals surface area contributed by atoms with E-state index >= 15 is 0 Å². The van der Waals surface area contributed by atoms with Crippen LogP contribution in [0.25, 0.3) is 11.1 Å². The SMILES string of the molecule is Nc1ccc(-c2ccccc2)c(B(O)O)c1. The third-order valence-electron chi connectivity index (χ3n) is 2.44. The van der Waals surface area contributed by atoms with E-state index in [2.05, 4.69) is 0 Å². The van der Waals surface area contributed by atoms with Gasteiger partial charge in [-0.15, -0.1) is 0 Å². The second-order valence-electron chi connectivity index (χ2n) is 3.59. The molecule has 0 aliphatic carbocycles. The van der Waals surface area contributed by atoms with Gasteiger partial charge in [0.05, 0.1) is 0 Å². The van der Waals surface area contributed by atoms with E-state index in [9.17, 15) is 10.0 Å². The van der Waals surface area contributed by atoms with Crippen LogP contribution in [-0.2, 0) is 0 Å². The van der Waals surface area contributed by atoms with Crippen molar-refractivity contribution in [1.82, 2.24) is 0 Å². The molecule has 16 heavy (non-hydrogen) atoms. The Morgan fingerprint density at radius 1 is 0.938 bits per heavy atom. The van der Waals surface area contributed by atoms with Gasteiger partial charge >= 0.3 is 7.12 Å². The zero-order chi connectivity index (χ0) is 11.5. The summed E-state index contributed by atoms with van der Waals surface area (Å²) in [5, 5.41) is 18.6. The summed E-state index contributed by atoms with van der Waals surface area (Å²) in [5.74, 6) is 0. The molecule has 0 spiro atoms. The predicted molar refractivity (Wildman–Crippen MR) is 66.1 cm³/mol. The van der Waals surface area contributed by atoms with Crippen LogP contribution < -0.4 is 11.2 Å². The largest absolute Gasteiger partial charge is 0.489 e. The summed E-state index contributed by atoms with van der Waals surface area (Å²) < 4.78 is 0. The van der Waals surface area contributed by atoms with E-state index in [0.717, 1.165) is 11.1 Å². The van der Waals surface area contributed by atoms with Gasteiger partial charge in [0.1, 0.15) is 0 Å². The van der Waals surface area contributed by atoms with Crippen LogP contribution in [0.5, 0.6) is 0 Å². The Morgan fingerprint density at radius 2 is 1.62 bits per heavy atom. The van der Waals surface area contributed by atoms with Crippen molar-refractivity contribution in [3.05, 3.63) is 48.5 Å². The molecule has 2 aromatic carbocycles. The van der Waals surface area contributed by atoms with E-state index in [1.807, 2.05) is 30.3 Å². The maximum atomic E-state index is 9.29. The maximum absolute atomic E-state index is 9.29. The molecule has 0 atom stereocenters. The van der Waals surface area contributed by atoms with Crippen LogP contribution in [-0.4, -0.2) is 17.2 Å². The van der Waals surface area contributed by atoms with Crippen molar-refractivity contribution in [2.75, 3.05) is 5.73 Å². The number of anilines is 1. The number of benzene rings is 2. The summed E-state index contributed by atoms with van der Waals surface area (Å²) in [7, 11) is -1.52. The molecule has 0 aliphatic heterocycles. The highest BCUT2D eigenvalue weighted by atomic mass is 16.4. The van der Waals surface area contributed by atoms with Gasteiger partial charge in [0.25, 0.3) is 0 Å². The van der Waals surface area contributed by atoms with Gasteiger partial charge in [0.15, 0.2) is 0 Å². The molecule has 0 amide bonds. The van der Waals surface area contributed by atoms with Crippen molar-refractivity contribution in [3.63, 3.8) is 0 Å². The summed E-state index contributed by atoms with van der Waals surface area (Å²) in [6, 6.07) is 14.7. The summed E-state index contributed by atoms with van der Waals surface area (Å²) in [5.41, 5.74) is 8.28. The molecule has 0 saturated heterocycles.